The third-order valence-corrected chi connectivity index (χ3v) is 3.20. The molecule has 0 aliphatic rings. The lowest BCUT2D eigenvalue weighted by molar-refractivity contribution is -0.111. The first-order chi connectivity index (χ1) is 7.54. The van der Waals surface area contributed by atoms with Gasteiger partial charge < -0.3 is 4.79 Å². The fraction of sp³-hybridized carbons (Fsp3) is 0.214. The van der Waals surface area contributed by atoms with Gasteiger partial charge in [-0.1, -0.05) is 41.9 Å². The fourth-order valence-electron chi connectivity index (χ4n) is 1.71. The molecule has 0 aromatic heterocycles. The Bertz CT molecular complexity index is 543. The van der Waals surface area contributed by atoms with Crippen LogP contribution in [0.5, 0.6) is 0 Å². The van der Waals surface area contributed by atoms with E-state index in [1.807, 2.05) is 50.2 Å². The smallest absolute Gasteiger partial charge is 0.129 e. The first kappa shape index (κ1) is 11.2. The van der Waals surface area contributed by atoms with E-state index in [-0.39, 0.29) is 0 Å². The Hall–Kier alpha value is -1.34. The van der Waals surface area contributed by atoms with E-state index in [0.29, 0.717) is 0 Å². The van der Waals surface area contributed by atoms with Gasteiger partial charge in [-0.15, -0.1) is 0 Å². The molecule has 0 heterocycles. The molecule has 16 heavy (non-hydrogen) atoms. The van der Waals surface area contributed by atoms with Crippen molar-refractivity contribution in [2.75, 3.05) is 0 Å². The second-order valence-corrected chi connectivity index (χ2v) is 4.92. The van der Waals surface area contributed by atoms with Gasteiger partial charge in [0.05, 0.1) is 0 Å². The molecule has 82 valence electrons. The maximum atomic E-state index is 11.0. The molecule has 0 radical (unpaired) electrons. The predicted octanol–water partition coefficient (Wildman–Crippen LogP) is 3.97. The summed E-state index contributed by atoms with van der Waals surface area (Å²) in [6, 6.07) is 11.7. The predicted molar refractivity (Wildman–Crippen MR) is 68.0 cm³/mol. The normalized spacial score (nSPS) is 11.7. The van der Waals surface area contributed by atoms with E-state index >= 15 is 0 Å². The maximum Gasteiger partial charge on any atom is 0.129 e. The number of carbonyl (C=O) groups excluding carboxylic acids is 1. The van der Waals surface area contributed by atoms with Gasteiger partial charge in [-0.2, -0.15) is 0 Å². The van der Waals surface area contributed by atoms with Crippen molar-refractivity contribution in [3.63, 3.8) is 0 Å². The minimum absolute atomic E-state index is 0.448. The number of benzene rings is 2. The van der Waals surface area contributed by atoms with E-state index in [9.17, 15) is 4.79 Å². The zero-order chi connectivity index (χ0) is 11.8. The minimum Gasteiger partial charge on any atom is -0.302 e. The van der Waals surface area contributed by atoms with E-state index in [0.717, 1.165) is 27.6 Å². The summed E-state index contributed by atoms with van der Waals surface area (Å²) in [5.41, 5.74) is 0.563. The van der Waals surface area contributed by atoms with Crippen LogP contribution in [0.25, 0.3) is 10.8 Å². The molecule has 0 fully saturated rings. The van der Waals surface area contributed by atoms with Gasteiger partial charge in [-0.25, -0.2) is 0 Å². The second kappa shape index (κ2) is 3.91. The SMILES string of the molecule is CC(C)(C=O)c1ccc2c(Cl)cccc2c1. The van der Waals surface area contributed by atoms with E-state index in [1.54, 1.807) is 0 Å². The molecule has 0 aliphatic heterocycles. The van der Waals surface area contributed by atoms with E-state index in [4.69, 9.17) is 11.6 Å². The molecule has 0 aliphatic carbocycles. The summed E-state index contributed by atoms with van der Waals surface area (Å²) < 4.78 is 0. The van der Waals surface area contributed by atoms with Gasteiger partial charge in [-0.3, -0.25) is 0 Å². The van der Waals surface area contributed by atoms with Crippen LogP contribution in [0.15, 0.2) is 36.4 Å². The molecule has 0 atom stereocenters. The summed E-state index contributed by atoms with van der Waals surface area (Å²) in [7, 11) is 0. The summed E-state index contributed by atoms with van der Waals surface area (Å²) in [5.74, 6) is 0. The van der Waals surface area contributed by atoms with Crippen LogP contribution in [0.1, 0.15) is 19.4 Å². The maximum absolute atomic E-state index is 11.0. The molecule has 1 nitrogen and oxygen atoms in total. The van der Waals surface area contributed by atoms with Gasteiger partial charge >= 0.3 is 0 Å². The van der Waals surface area contributed by atoms with Gasteiger partial charge in [0.2, 0.25) is 0 Å². The third kappa shape index (κ3) is 1.83. The van der Waals surface area contributed by atoms with E-state index in [2.05, 4.69) is 0 Å². The molecule has 2 heteroatoms. The Kier molecular flexibility index (Phi) is 2.73. The molecule has 0 N–H and O–H groups in total. The van der Waals surface area contributed by atoms with E-state index < -0.39 is 5.41 Å². The summed E-state index contributed by atoms with van der Waals surface area (Å²) in [6.07, 6.45) is 0.971. The first-order valence-corrected chi connectivity index (χ1v) is 5.57. The van der Waals surface area contributed by atoms with Crippen molar-refractivity contribution >= 4 is 28.7 Å². The van der Waals surface area contributed by atoms with Crippen molar-refractivity contribution in [3.05, 3.63) is 47.0 Å². The lowest BCUT2D eigenvalue weighted by Gasteiger charge is -2.18. The van der Waals surface area contributed by atoms with Crippen LogP contribution in [-0.4, -0.2) is 6.29 Å². The Balaban J connectivity index is 2.66. The van der Waals surface area contributed by atoms with Gasteiger partial charge in [0.1, 0.15) is 6.29 Å². The Morgan fingerprint density at radius 3 is 2.62 bits per heavy atom. The molecule has 0 spiro atoms. The van der Waals surface area contributed by atoms with Crippen LogP contribution >= 0.6 is 11.6 Å². The number of hydrogen-bond acceptors (Lipinski definition) is 1. The van der Waals surface area contributed by atoms with Gasteiger partial charge in [-0.05, 0) is 30.9 Å². The number of aldehydes is 1. The van der Waals surface area contributed by atoms with Crippen molar-refractivity contribution < 1.29 is 4.79 Å². The van der Waals surface area contributed by atoms with Crippen LogP contribution < -0.4 is 0 Å². The number of fused-ring (bicyclic) bond motifs is 1. The van der Waals surface area contributed by atoms with Crippen molar-refractivity contribution in [2.45, 2.75) is 19.3 Å². The summed E-state index contributed by atoms with van der Waals surface area (Å²) in [5, 5.41) is 2.84. The van der Waals surface area contributed by atoms with Gasteiger partial charge in [0, 0.05) is 15.8 Å². The number of halogens is 1. The Morgan fingerprint density at radius 2 is 1.94 bits per heavy atom. The van der Waals surface area contributed by atoms with Crippen molar-refractivity contribution in [2.24, 2.45) is 0 Å². The van der Waals surface area contributed by atoms with Crippen LogP contribution in [0.2, 0.25) is 5.02 Å². The summed E-state index contributed by atoms with van der Waals surface area (Å²) in [6.45, 7) is 3.82. The van der Waals surface area contributed by atoms with Gasteiger partial charge in [0.15, 0.2) is 0 Å². The zero-order valence-electron chi connectivity index (χ0n) is 9.33. The molecular formula is C14H13ClO. The first-order valence-electron chi connectivity index (χ1n) is 5.20. The summed E-state index contributed by atoms with van der Waals surface area (Å²) >= 11 is 6.09. The average molecular weight is 233 g/mol. The second-order valence-electron chi connectivity index (χ2n) is 4.52. The quantitative estimate of drug-likeness (QED) is 0.716. The van der Waals surface area contributed by atoms with Crippen molar-refractivity contribution in [1.82, 2.24) is 0 Å². The number of rotatable bonds is 2. The largest absolute Gasteiger partial charge is 0.302 e. The molecule has 0 amide bonds. The highest BCUT2D eigenvalue weighted by Gasteiger charge is 2.19. The number of carbonyl (C=O) groups is 1. The zero-order valence-corrected chi connectivity index (χ0v) is 10.1. The number of hydrogen-bond donors (Lipinski definition) is 0. The molecule has 2 aromatic rings. The average Bonchev–Trinajstić information content (AvgIpc) is 2.29. The molecule has 0 saturated carbocycles. The lowest BCUT2D eigenvalue weighted by atomic mass is 9.85. The Morgan fingerprint density at radius 1 is 1.19 bits per heavy atom. The van der Waals surface area contributed by atoms with Crippen molar-refractivity contribution in [1.29, 1.82) is 0 Å². The highest BCUT2D eigenvalue weighted by atomic mass is 35.5. The van der Waals surface area contributed by atoms with Crippen LogP contribution in [-0.2, 0) is 10.2 Å². The molecule has 0 unspecified atom stereocenters. The van der Waals surface area contributed by atoms with Crippen molar-refractivity contribution in [3.8, 4) is 0 Å². The molecule has 0 saturated heterocycles. The highest BCUT2D eigenvalue weighted by Crippen LogP contribution is 2.28. The monoisotopic (exact) mass is 232 g/mol. The van der Waals surface area contributed by atoms with Crippen LogP contribution in [0.4, 0.5) is 0 Å². The highest BCUT2D eigenvalue weighted by molar-refractivity contribution is 6.35. The molecular weight excluding hydrogens is 220 g/mol. The lowest BCUT2D eigenvalue weighted by Crippen LogP contribution is -2.18. The van der Waals surface area contributed by atoms with Gasteiger partial charge in [0.25, 0.3) is 0 Å². The summed E-state index contributed by atoms with van der Waals surface area (Å²) in [4.78, 5) is 11.0. The van der Waals surface area contributed by atoms with Crippen LogP contribution in [0.3, 0.4) is 0 Å². The van der Waals surface area contributed by atoms with Crippen LogP contribution in [0, 0.1) is 0 Å². The molecule has 2 rings (SSSR count). The van der Waals surface area contributed by atoms with E-state index in [1.165, 1.54) is 0 Å². The molecule has 0 bridgehead atoms. The minimum atomic E-state index is -0.448. The topological polar surface area (TPSA) is 17.1 Å². The fourth-order valence-corrected chi connectivity index (χ4v) is 1.96. The Labute approximate surface area is 100 Å². The standard InChI is InChI=1S/C14H13ClO/c1-14(2,9-16)11-6-7-12-10(8-11)4-3-5-13(12)15/h3-9H,1-2H3. The third-order valence-electron chi connectivity index (χ3n) is 2.87. The molecule has 2 aromatic carbocycles.